The minimum atomic E-state index is -0.701. The van der Waals surface area contributed by atoms with Gasteiger partial charge in [0.15, 0.2) is 5.79 Å². The van der Waals surface area contributed by atoms with E-state index in [1.807, 2.05) is 0 Å². The molecule has 2 amide bonds. The largest absolute Gasteiger partial charge is 0.497 e. The lowest BCUT2D eigenvalue weighted by Crippen LogP contribution is -2.50. The number of methoxy groups -OCH3 is 2. The number of piperidine rings is 1. The SMILES string of the molecule is COc1ccc(NC(=O)C(=O)N2CCC3(CC2)OCCO3)c(OC)c1. The van der Waals surface area contributed by atoms with Crippen LogP contribution in [0.2, 0.25) is 0 Å². The van der Waals surface area contributed by atoms with Gasteiger partial charge in [-0.25, -0.2) is 0 Å². The third-order valence-electron chi connectivity index (χ3n) is 4.48. The summed E-state index contributed by atoms with van der Waals surface area (Å²) in [5.41, 5.74) is 0.414. The van der Waals surface area contributed by atoms with E-state index in [0.29, 0.717) is 56.3 Å². The van der Waals surface area contributed by atoms with Gasteiger partial charge >= 0.3 is 11.8 Å². The molecule has 2 heterocycles. The summed E-state index contributed by atoms with van der Waals surface area (Å²) < 4.78 is 21.6. The van der Waals surface area contributed by atoms with Crippen LogP contribution in [0.1, 0.15) is 12.8 Å². The predicted octanol–water partition coefficient (Wildman–Crippen LogP) is 1.01. The molecule has 1 N–H and O–H groups in total. The number of hydrogen-bond acceptors (Lipinski definition) is 6. The number of anilines is 1. The molecule has 1 aromatic carbocycles. The van der Waals surface area contributed by atoms with Crippen LogP contribution in [0.25, 0.3) is 0 Å². The van der Waals surface area contributed by atoms with Crippen molar-refractivity contribution < 1.29 is 28.5 Å². The topological polar surface area (TPSA) is 86.3 Å². The molecule has 136 valence electrons. The molecule has 0 atom stereocenters. The van der Waals surface area contributed by atoms with Crippen molar-refractivity contribution in [2.45, 2.75) is 18.6 Å². The smallest absolute Gasteiger partial charge is 0.314 e. The van der Waals surface area contributed by atoms with Gasteiger partial charge in [-0.15, -0.1) is 0 Å². The van der Waals surface area contributed by atoms with Crippen LogP contribution >= 0.6 is 0 Å². The van der Waals surface area contributed by atoms with Gasteiger partial charge in [-0.1, -0.05) is 0 Å². The van der Waals surface area contributed by atoms with E-state index >= 15 is 0 Å². The molecular formula is C17H22N2O6. The quantitative estimate of drug-likeness (QED) is 0.819. The van der Waals surface area contributed by atoms with Crippen molar-refractivity contribution in [2.75, 3.05) is 45.8 Å². The minimum Gasteiger partial charge on any atom is -0.497 e. The average Bonchev–Trinajstić information content (AvgIpc) is 3.10. The molecule has 8 heteroatoms. The van der Waals surface area contributed by atoms with Gasteiger partial charge in [0.2, 0.25) is 0 Å². The molecule has 0 unspecified atom stereocenters. The molecule has 0 aliphatic carbocycles. The van der Waals surface area contributed by atoms with Crippen LogP contribution < -0.4 is 14.8 Å². The van der Waals surface area contributed by atoms with Gasteiger partial charge in [0.1, 0.15) is 11.5 Å². The highest BCUT2D eigenvalue weighted by atomic mass is 16.7. The summed E-state index contributed by atoms with van der Waals surface area (Å²) in [6.45, 7) is 2.00. The van der Waals surface area contributed by atoms with Crippen LogP contribution in [0.15, 0.2) is 18.2 Å². The standard InChI is InChI=1S/C17H22N2O6/c1-22-12-3-4-13(14(11-12)23-2)18-15(20)16(21)19-7-5-17(6-8-19)24-9-10-25-17/h3-4,11H,5-10H2,1-2H3,(H,18,20). The van der Waals surface area contributed by atoms with Crippen molar-refractivity contribution in [3.63, 3.8) is 0 Å². The highest BCUT2D eigenvalue weighted by Crippen LogP contribution is 2.32. The zero-order valence-electron chi connectivity index (χ0n) is 14.4. The predicted molar refractivity (Wildman–Crippen MR) is 88.6 cm³/mol. The fourth-order valence-corrected chi connectivity index (χ4v) is 3.06. The Balaban J connectivity index is 1.61. The Hall–Kier alpha value is -2.32. The first-order valence-electron chi connectivity index (χ1n) is 8.17. The van der Waals surface area contributed by atoms with Crippen molar-refractivity contribution in [3.05, 3.63) is 18.2 Å². The zero-order chi connectivity index (χ0) is 17.9. The van der Waals surface area contributed by atoms with Crippen molar-refractivity contribution in [3.8, 4) is 11.5 Å². The van der Waals surface area contributed by atoms with Crippen molar-refractivity contribution in [2.24, 2.45) is 0 Å². The molecule has 8 nitrogen and oxygen atoms in total. The van der Waals surface area contributed by atoms with E-state index in [0.717, 1.165) is 0 Å². The summed E-state index contributed by atoms with van der Waals surface area (Å²) in [7, 11) is 3.02. The molecule has 2 fully saturated rings. The third-order valence-corrected chi connectivity index (χ3v) is 4.48. The summed E-state index contributed by atoms with van der Waals surface area (Å²) in [6, 6.07) is 4.95. The molecule has 25 heavy (non-hydrogen) atoms. The summed E-state index contributed by atoms with van der Waals surface area (Å²) in [5, 5.41) is 2.60. The fraction of sp³-hybridized carbons (Fsp3) is 0.529. The number of rotatable bonds is 3. The molecule has 0 aromatic heterocycles. The summed E-state index contributed by atoms with van der Waals surface area (Å²) in [5.74, 6) is -0.838. The average molecular weight is 350 g/mol. The number of amides is 2. The maximum atomic E-state index is 12.4. The van der Waals surface area contributed by atoms with E-state index in [4.69, 9.17) is 18.9 Å². The van der Waals surface area contributed by atoms with Gasteiger partial charge in [0.25, 0.3) is 0 Å². The Morgan fingerprint density at radius 3 is 2.40 bits per heavy atom. The molecular weight excluding hydrogens is 328 g/mol. The van der Waals surface area contributed by atoms with E-state index < -0.39 is 17.6 Å². The molecule has 2 aliphatic heterocycles. The molecule has 1 aromatic rings. The van der Waals surface area contributed by atoms with Gasteiger partial charge in [0.05, 0.1) is 33.1 Å². The maximum Gasteiger partial charge on any atom is 0.314 e. The van der Waals surface area contributed by atoms with Crippen LogP contribution in [0.3, 0.4) is 0 Å². The van der Waals surface area contributed by atoms with Crippen molar-refractivity contribution in [1.82, 2.24) is 4.90 Å². The van der Waals surface area contributed by atoms with Gasteiger partial charge in [-0.05, 0) is 12.1 Å². The van der Waals surface area contributed by atoms with Crippen LogP contribution in [-0.2, 0) is 19.1 Å². The molecule has 2 aliphatic rings. The lowest BCUT2D eigenvalue weighted by molar-refractivity contribution is -0.187. The first kappa shape index (κ1) is 17.5. The Morgan fingerprint density at radius 1 is 1.12 bits per heavy atom. The second kappa shape index (κ2) is 7.28. The number of carbonyl (C=O) groups is 2. The maximum absolute atomic E-state index is 12.4. The lowest BCUT2D eigenvalue weighted by atomic mass is 10.0. The van der Waals surface area contributed by atoms with E-state index in [1.54, 1.807) is 18.2 Å². The number of hydrogen-bond donors (Lipinski definition) is 1. The summed E-state index contributed by atoms with van der Waals surface area (Å²) in [4.78, 5) is 26.2. The van der Waals surface area contributed by atoms with E-state index in [9.17, 15) is 9.59 Å². The number of benzene rings is 1. The molecule has 1 spiro atoms. The fourth-order valence-electron chi connectivity index (χ4n) is 3.06. The van der Waals surface area contributed by atoms with E-state index in [1.165, 1.54) is 19.1 Å². The highest BCUT2D eigenvalue weighted by molar-refractivity contribution is 6.39. The monoisotopic (exact) mass is 350 g/mol. The Kier molecular flexibility index (Phi) is 5.10. The molecule has 0 saturated carbocycles. The minimum absolute atomic E-state index is 0.414. The van der Waals surface area contributed by atoms with Crippen LogP contribution in [0.5, 0.6) is 11.5 Å². The molecule has 0 radical (unpaired) electrons. The van der Waals surface area contributed by atoms with E-state index in [-0.39, 0.29) is 0 Å². The second-order valence-corrected chi connectivity index (χ2v) is 5.92. The first-order chi connectivity index (χ1) is 12.1. The molecule has 0 bridgehead atoms. The Morgan fingerprint density at radius 2 is 1.80 bits per heavy atom. The summed E-state index contributed by atoms with van der Waals surface area (Å²) in [6.07, 6.45) is 1.13. The number of nitrogens with zero attached hydrogens (tertiary/aromatic N) is 1. The van der Waals surface area contributed by atoms with Gasteiger partial charge in [-0.3, -0.25) is 9.59 Å². The number of nitrogens with one attached hydrogen (secondary N) is 1. The van der Waals surface area contributed by atoms with Crippen molar-refractivity contribution >= 4 is 17.5 Å². The van der Waals surface area contributed by atoms with Crippen LogP contribution in [-0.4, -0.2) is 63.0 Å². The molecule has 2 saturated heterocycles. The Bertz CT molecular complexity index is 647. The normalized spacial score (nSPS) is 18.9. The first-order valence-corrected chi connectivity index (χ1v) is 8.17. The third kappa shape index (κ3) is 3.69. The number of likely N-dealkylation sites (tertiary alicyclic amines) is 1. The summed E-state index contributed by atoms with van der Waals surface area (Å²) >= 11 is 0. The van der Waals surface area contributed by atoms with Crippen molar-refractivity contribution in [1.29, 1.82) is 0 Å². The number of ether oxygens (including phenoxy) is 4. The zero-order valence-corrected chi connectivity index (χ0v) is 14.4. The highest BCUT2D eigenvalue weighted by Gasteiger charge is 2.41. The van der Waals surface area contributed by atoms with Crippen LogP contribution in [0, 0.1) is 0 Å². The second-order valence-electron chi connectivity index (χ2n) is 5.92. The molecule has 3 rings (SSSR count). The number of carbonyl (C=O) groups excluding carboxylic acids is 2. The van der Waals surface area contributed by atoms with E-state index in [2.05, 4.69) is 5.32 Å². The Labute approximate surface area is 146 Å². The van der Waals surface area contributed by atoms with Crippen LogP contribution in [0.4, 0.5) is 5.69 Å². The van der Waals surface area contributed by atoms with Gasteiger partial charge in [0, 0.05) is 32.0 Å². The van der Waals surface area contributed by atoms with Gasteiger partial charge < -0.3 is 29.2 Å². The van der Waals surface area contributed by atoms with Gasteiger partial charge in [-0.2, -0.15) is 0 Å². The lowest BCUT2D eigenvalue weighted by Gasteiger charge is -2.37.